The molecule has 0 spiro atoms. The van der Waals surface area contributed by atoms with Crippen molar-refractivity contribution < 1.29 is 20.4 Å². The van der Waals surface area contributed by atoms with Crippen LogP contribution < -0.4 is 9.80 Å². The maximum Gasteiger partial charge on any atom is 0.133 e. The summed E-state index contributed by atoms with van der Waals surface area (Å²) in [5.74, 6) is -0.160. The highest BCUT2D eigenvalue weighted by atomic mass is 16.3. The van der Waals surface area contributed by atoms with Gasteiger partial charge in [-0.2, -0.15) is 0 Å². The molecule has 4 N–H and O–H groups in total. The Balaban J connectivity index is 1.23. The van der Waals surface area contributed by atoms with Gasteiger partial charge in [0, 0.05) is 66.6 Å². The molecule has 0 saturated carbocycles. The molecule has 0 saturated heterocycles. The molecule has 2 heterocycles. The molecule has 0 aromatic heterocycles. The fourth-order valence-corrected chi connectivity index (χ4v) is 5.10. The summed E-state index contributed by atoms with van der Waals surface area (Å²) in [4.78, 5) is 4.02. The van der Waals surface area contributed by atoms with Gasteiger partial charge in [-0.3, -0.25) is 0 Å². The molecular formula is C31H26N2O4. The highest BCUT2D eigenvalue weighted by molar-refractivity contribution is 5.89. The third kappa shape index (κ3) is 3.49. The fraction of sp³-hybridized carbons (Fsp3) is 0.0968. The van der Waals surface area contributed by atoms with Gasteiger partial charge in [0.2, 0.25) is 0 Å². The van der Waals surface area contributed by atoms with Crippen LogP contribution in [0.4, 0.5) is 11.4 Å². The lowest BCUT2D eigenvalue weighted by atomic mass is 9.81. The summed E-state index contributed by atoms with van der Waals surface area (Å²) in [6, 6.07) is 15.8. The van der Waals surface area contributed by atoms with Crippen molar-refractivity contribution in [1.82, 2.24) is 0 Å². The third-order valence-corrected chi connectivity index (χ3v) is 7.26. The molecule has 6 nitrogen and oxygen atoms in total. The van der Waals surface area contributed by atoms with E-state index in [9.17, 15) is 20.4 Å². The topological polar surface area (TPSA) is 87.4 Å². The van der Waals surface area contributed by atoms with Gasteiger partial charge in [0.25, 0.3) is 0 Å². The van der Waals surface area contributed by atoms with Crippen LogP contribution in [-0.2, 0) is 0 Å². The average molecular weight is 491 g/mol. The molecule has 0 atom stereocenters. The van der Waals surface area contributed by atoms with E-state index in [0.717, 1.165) is 33.6 Å². The predicted octanol–water partition coefficient (Wildman–Crippen LogP) is 6.75. The summed E-state index contributed by atoms with van der Waals surface area (Å²) in [5, 5.41) is 42.9. The van der Waals surface area contributed by atoms with Gasteiger partial charge in [0.1, 0.15) is 23.0 Å². The number of benzene rings is 2. The molecule has 2 aliphatic carbocycles. The largest absolute Gasteiger partial charge is 0.507 e. The number of aliphatic hydroxyl groups is 4. The Morgan fingerprint density at radius 1 is 0.595 bits per heavy atom. The summed E-state index contributed by atoms with van der Waals surface area (Å²) >= 11 is 0. The van der Waals surface area contributed by atoms with Crippen molar-refractivity contribution in [3.8, 4) is 0 Å². The predicted molar refractivity (Wildman–Crippen MR) is 147 cm³/mol. The van der Waals surface area contributed by atoms with Crippen LogP contribution in [0.15, 0.2) is 131 Å². The zero-order valence-electron chi connectivity index (χ0n) is 20.5. The van der Waals surface area contributed by atoms with Gasteiger partial charge < -0.3 is 30.2 Å². The highest BCUT2D eigenvalue weighted by Gasteiger charge is 2.35. The molecule has 0 fully saturated rings. The van der Waals surface area contributed by atoms with Crippen LogP contribution in [0.1, 0.15) is 17.5 Å². The van der Waals surface area contributed by atoms with Crippen LogP contribution in [-0.4, -0.2) is 34.5 Å². The van der Waals surface area contributed by atoms with Gasteiger partial charge in [0.15, 0.2) is 0 Å². The first kappa shape index (κ1) is 22.6. The summed E-state index contributed by atoms with van der Waals surface area (Å²) in [6.45, 7) is 0. The molecule has 37 heavy (non-hydrogen) atoms. The molecule has 6 rings (SSSR count). The standard InChI is InChI=1S/C31H26N2O4/c1-32-13-11-18(20-7-3-5-9-26(20)32)15-22-28(34)24(29(22)35)17-25-30(36)23(31(25)37)16-19-12-14-33(2)27-10-6-4-8-21(19)27/h3-16,34-37H,17H2,1-2H3/b18-15+,19-16+. The zero-order valence-corrected chi connectivity index (χ0v) is 20.5. The van der Waals surface area contributed by atoms with Crippen LogP contribution in [0.3, 0.4) is 0 Å². The zero-order chi connectivity index (χ0) is 25.8. The summed E-state index contributed by atoms with van der Waals surface area (Å²) in [7, 11) is 3.93. The first-order valence-electron chi connectivity index (χ1n) is 12.0. The first-order valence-corrected chi connectivity index (χ1v) is 12.0. The summed E-state index contributed by atoms with van der Waals surface area (Å²) in [6.07, 6.45) is 11.2. The third-order valence-electron chi connectivity index (χ3n) is 7.26. The number of para-hydroxylation sites is 2. The van der Waals surface area contributed by atoms with Gasteiger partial charge in [-0.25, -0.2) is 0 Å². The minimum absolute atomic E-state index is 0.0268. The van der Waals surface area contributed by atoms with E-state index in [-0.39, 0.29) is 29.5 Å². The molecular weight excluding hydrogens is 464 g/mol. The highest BCUT2D eigenvalue weighted by Crippen LogP contribution is 2.45. The lowest BCUT2D eigenvalue weighted by Gasteiger charge is -2.29. The second-order valence-corrected chi connectivity index (χ2v) is 9.44. The molecule has 2 aromatic rings. The van der Waals surface area contributed by atoms with Crippen LogP contribution in [0.25, 0.3) is 11.1 Å². The SMILES string of the molecule is CN1C=C/C(=C\C2=C(O)C(CC3=C(O)C(/C=C4\C=CN(C)c5ccccc54)=C3O)=C2O)c2ccccc21. The van der Waals surface area contributed by atoms with Crippen LogP contribution in [0.5, 0.6) is 0 Å². The maximum atomic E-state index is 10.7. The van der Waals surface area contributed by atoms with Crippen molar-refractivity contribution in [2.75, 3.05) is 23.9 Å². The van der Waals surface area contributed by atoms with E-state index in [1.807, 2.05) is 97.0 Å². The lowest BCUT2D eigenvalue weighted by molar-refractivity contribution is 0.332. The van der Waals surface area contributed by atoms with Crippen LogP contribution in [0, 0.1) is 0 Å². The number of nitrogens with zero attached hydrogens (tertiary/aromatic N) is 2. The number of hydrogen-bond acceptors (Lipinski definition) is 6. The van der Waals surface area contributed by atoms with Gasteiger partial charge in [-0.1, -0.05) is 36.4 Å². The molecule has 0 amide bonds. The molecule has 2 aromatic carbocycles. The monoisotopic (exact) mass is 490 g/mol. The second-order valence-electron chi connectivity index (χ2n) is 9.44. The van der Waals surface area contributed by atoms with E-state index in [1.165, 1.54) is 0 Å². The van der Waals surface area contributed by atoms with Gasteiger partial charge >= 0.3 is 0 Å². The molecule has 0 radical (unpaired) electrons. The summed E-state index contributed by atoms with van der Waals surface area (Å²) in [5.41, 5.74) is 7.06. The lowest BCUT2D eigenvalue weighted by Crippen LogP contribution is -2.18. The smallest absolute Gasteiger partial charge is 0.133 e. The Kier molecular flexibility index (Phi) is 5.12. The van der Waals surface area contributed by atoms with Crippen molar-refractivity contribution in [3.05, 3.63) is 142 Å². The average Bonchev–Trinajstić information content (AvgIpc) is 2.92. The number of allylic oxidation sites excluding steroid dienone is 8. The Morgan fingerprint density at radius 2 is 1.00 bits per heavy atom. The van der Waals surface area contributed by atoms with Crippen molar-refractivity contribution in [1.29, 1.82) is 0 Å². The van der Waals surface area contributed by atoms with E-state index in [2.05, 4.69) is 0 Å². The Hall–Kier alpha value is -4.84. The van der Waals surface area contributed by atoms with Crippen molar-refractivity contribution in [3.63, 3.8) is 0 Å². The van der Waals surface area contributed by atoms with Gasteiger partial charge in [-0.15, -0.1) is 0 Å². The molecule has 0 unspecified atom stereocenters. The van der Waals surface area contributed by atoms with Gasteiger partial charge in [-0.05, 0) is 47.6 Å². The second kappa shape index (κ2) is 8.38. The fourth-order valence-electron chi connectivity index (χ4n) is 5.10. The summed E-state index contributed by atoms with van der Waals surface area (Å²) < 4.78 is 0. The molecule has 6 heteroatoms. The number of rotatable bonds is 4. The number of anilines is 2. The molecule has 184 valence electrons. The van der Waals surface area contributed by atoms with E-state index < -0.39 is 0 Å². The maximum absolute atomic E-state index is 10.7. The first-order chi connectivity index (χ1) is 17.8. The minimum atomic E-state index is -0.0399. The van der Waals surface area contributed by atoms with E-state index in [4.69, 9.17) is 0 Å². The van der Waals surface area contributed by atoms with E-state index in [1.54, 1.807) is 12.2 Å². The Bertz CT molecular complexity index is 1490. The number of hydrogen-bond donors (Lipinski definition) is 4. The Labute approximate surface area is 215 Å². The minimum Gasteiger partial charge on any atom is -0.507 e. The van der Waals surface area contributed by atoms with E-state index in [0.29, 0.717) is 22.3 Å². The van der Waals surface area contributed by atoms with Crippen molar-refractivity contribution >= 4 is 22.5 Å². The number of fused-ring (bicyclic) bond motifs is 2. The molecule has 4 aliphatic rings. The van der Waals surface area contributed by atoms with Crippen molar-refractivity contribution in [2.45, 2.75) is 6.42 Å². The van der Waals surface area contributed by atoms with Crippen LogP contribution >= 0.6 is 0 Å². The van der Waals surface area contributed by atoms with Crippen molar-refractivity contribution in [2.24, 2.45) is 0 Å². The number of aliphatic hydroxyl groups excluding tert-OH is 4. The van der Waals surface area contributed by atoms with E-state index >= 15 is 0 Å². The molecule has 2 aliphatic heterocycles. The normalized spacial score (nSPS) is 20.6. The quantitative estimate of drug-likeness (QED) is 0.379. The van der Waals surface area contributed by atoms with Crippen LogP contribution in [0.2, 0.25) is 0 Å². The molecule has 0 bridgehead atoms. The Morgan fingerprint density at radius 3 is 1.41 bits per heavy atom. The van der Waals surface area contributed by atoms with Gasteiger partial charge in [0.05, 0.1) is 11.1 Å².